The van der Waals surface area contributed by atoms with Gasteiger partial charge in [-0.15, -0.1) is 0 Å². The lowest BCUT2D eigenvalue weighted by Crippen LogP contribution is -2.11. The van der Waals surface area contributed by atoms with Crippen LogP contribution in [0.15, 0.2) is 48.7 Å². The van der Waals surface area contributed by atoms with E-state index in [1.54, 1.807) is 0 Å². The van der Waals surface area contributed by atoms with E-state index in [-0.39, 0.29) is 0 Å². The van der Waals surface area contributed by atoms with Gasteiger partial charge in [0.2, 0.25) is 0 Å². The molecule has 1 aromatic heterocycles. The maximum Gasteiger partial charge on any atom is 0.343 e. The second-order valence-electron chi connectivity index (χ2n) is 4.69. The van der Waals surface area contributed by atoms with Crippen LogP contribution in [0, 0.1) is 6.92 Å². The first-order valence-electron chi connectivity index (χ1n) is 6.69. The number of aromatic nitrogens is 1. The van der Waals surface area contributed by atoms with E-state index in [1.807, 2.05) is 37.3 Å². The van der Waals surface area contributed by atoms with Crippen molar-refractivity contribution >= 4 is 11.5 Å². The molecule has 0 aliphatic carbocycles. The highest BCUT2D eigenvalue weighted by Crippen LogP contribution is 2.21. The average Bonchev–Trinajstić information content (AvgIpc) is 2.86. The molecule has 0 saturated carbocycles. The van der Waals surface area contributed by atoms with Gasteiger partial charge in [-0.3, -0.25) is 0 Å². The number of benzene rings is 1. The van der Waals surface area contributed by atoms with Gasteiger partial charge in [0.05, 0.1) is 26.2 Å². The Morgan fingerprint density at radius 2 is 1.86 bits per heavy atom. The molecule has 1 aromatic carbocycles. The zero-order chi connectivity index (χ0) is 15.2. The monoisotopic (exact) mass is 285 g/mol. The van der Waals surface area contributed by atoms with E-state index in [4.69, 9.17) is 9.47 Å². The van der Waals surface area contributed by atoms with Crippen molar-refractivity contribution in [3.05, 3.63) is 65.7 Å². The number of carbonyl (C=O) groups excluding carboxylic acids is 1. The number of hydrogen-bond donors (Lipinski definition) is 0. The SMILES string of the molecule is COC=C(C(=O)OC)c1ccc(C)n1Cc1ccccc1. The number of nitrogens with zero attached hydrogens (tertiary/aromatic N) is 1. The van der Waals surface area contributed by atoms with Crippen LogP contribution in [-0.2, 0) is 20.8 Å². The van der Waals surface area contributed by atoms with Crippen LogP contribution in [0.3, 0.4) is 0 Å². The Hall–Kier alpha value is -2.49. The Morgan fingerprint density at radius 3 is 2.48 bits per heavy atom. The fraction of sp³-hybridized carbons (Fsp3) is 0.235. The Labute approximate surface area is 124 Å². The van der Waals surface area contributed by atoms with E-state index in [1.165, 1.54) is 26.0 Å². The highest BCUT2D eigenvalue weighted by Gasteiger charge is 2.18. The number of ether oxygens (including phenoxy) is 2. The first-order chi connectivity index (χ1) is 10.2. The maximum atomic E-state index is 11.9. The minimum Gasteiger partial charge on any atom is -0.503 e. The quantitative estimate of drug-likeness (QED) is 0.482. The van der Waals surface area contributed by atoms with Gasteiger partial charge in [-0.25, -0.2) is 4.79 Å². The smallest absolute Gasteiger partial charge is 0.343 e. The van der Waals surface area contributed by atoms with Crippen LogP contribution in [0.5, 0.6) is 0 Å². The van der Waals surface area contributed by atoms with Crippen molar-refractivity contribution in [3.8, 4) is 0 Å². The summed E-state index contributed by atoms with van der Waals surface area (Å²) in [6.45, 7) is 2.70. The largest absolute Gasteiger partial charge is 0.503 e. The summed E-state index contributed by atoms with van der Waals surface area (Å²) in [5, 5.41) is 0. The third-order valence-corrected chi connectivity index (χ3v) is 3.30. The van der Waals surface area contributed by atoms with Gasteiger partial charge in [0.15, 0.2) is 0 Å². The molecule has 0 N–H and O–H groups in total. The van der Waals surface area contributed by atoms with Crippen molar-refractivity contribution < 1.29 is 14.3 Å². The first-order valence-corrected chi connectivity index (χ1v) is 6.69. The van der Waals surface area contributed by atoms with Gasteiger partial charge in [-0.2, -0.15) is 0 Å². The molecule has 0 unspecified atom stereocenters. The third kappa shape index (κ3) is 3.34. The lowest BCUT2D eigenvalue weighted by Gasteiger charge is -2.13. The minimum absolute atomic E-state index is 0.407. The summed E-state index contributed by atoms with van der Waals surface area (Å²) in [5.41, 5.74) is 3.42. The molecule has 0 spiro atoms. The van der Waals surface area contributed by atoms with E-state index in [0.29, 0.717) is 12.1 Å². The fourth-order valence-corrected chi connectivity index (χ4v) is 2.22. The molecule has 2 rings (SSSR count). The van der Waals surface area contributed by atoms with Crippen molar-refractivity contribution in [2.45, 2.75) is 13.5 Å². The summed E-state index contributed by atoms with van der Waals surface area (Å²) in [4.78, 5) is 11.9. The predicted octanol–water partition coefficient (Wildman–Crippen LogP) is 3.01. The van der Waals surface area contributed by atoms with Gasteiger partial charge in [0.25, 0.3) is 0 Å². The molecule has 0 aliphatic heterocycles. The van der Waals surface area contributed by atoms with Crippen LogP contribution in [0.25, 0.3) is 5.57 Å². The molecule has 110 valence electrons. The number of esters is 1. The fourth-order valence-electron chi connectivity index (χ4n) is 2.22. The van der Waals surface area contributed by atoms with Gasteiger partial charge in [0, 0.05) is 12.2 Å². The van der Waals surface area contributed by atoms with Crippen LogP contribution >= 0.6 is 0 Å². The van der Waals surface area contributed by atoms with Crippen molar-refractivity contribution in [1.82, 2.24) is 4.57 Å². The summed E-state index contributed by atoms with van der Waals surface area (Å²) in [7, 11) is 2.88. The number of hydrogen-bond acceptors (Lipinski definition) is 3. The third-order valence-electron chi connectivity index (χ3n) is 3.30. The molecule has 0 radical (unpaired) electrons. The van der Waals surface area contributed by atoms with E-state index >= 15 is 0 Å². The zero-order valence-corrected chi connectivity index (χ0v) is 12.5. The second kappa shape index (κ2) is 6.79. The molecule has 0 fully saturated rings. The summed E-state index contributed by atoms with van der Waals surface area (Å²) >= 11 is 0. The number of carbonyl (C=O) groups is 1. The van der Waals surface area contributed by atoms with Crippen molar-refractivity contribution in [3.63, 3.8) is 0 Å². The Bertz CT molecular complexity index is 641. The van der Waals surface area contributed by atoms with Crippen LogP contribution in [0.4, 0.5) is 0 Å². The van der Waals surface area contributed by atoms with Crippen molar-refractivity contribution in [2.75, 3.05) is 14.2 Å². The summed E-state index contributed by atoms with van der Waals surface area (Å²) in [6, 6.07) is 14.0. The van der Waals surface area contributed by atoms with E-state index < -0.39 is 5.97 Å². The van der Waals surface area contributed by atoms with Gasteiger partial charge >= 0.3 is 5.97 Å². The van der Waals surface area contributed by atoms with Crippen molar-refractivity contribution in [1.29, 1.82) is 0 Å². The molecule has 0 atom stereocenters. The lowest BCUT2D eigenvalue weighted by molar-refractivity contribution is -0.133. The molecule has 0 aliphatic rings. The van der Waals surface area contributed by atoms with Crippen molar-refractivity contribution in [2.24, 2.45) is 0 Å². The Morgan fingerprint density at radius 1 is 1.14 bits per heavy atom. The number of rotatable bonds is 5. The molecule has 0 bridgehead atoms. The molecule has 4 nitrogen and oxygen atoms in total. The number of aryl methyl sites for hydroxylation is 1. The lowest BCUT2D eigenvalue weighted by atomic mass is 10.2. The normalized spacial score (nSPS) is 11.3. The van der Waals surface area contributed by atoms with Crippen LogP contribution in [0.2, 0.25) is 0 Å². The summed E-state index contributed by atoms with van der Waals surface area (Å²) in [5.74, 6) is -0.413. The summed E-state index contributed by atoms with van der Waals surface area (Å²) in [6.07, 6.45) is 1.42. The molecular weight excluding hydrogens is 266 g/mol. The second-order valence-corrected chi connectivity index (χ2v) is 4.69. The average molecular weight is 285 g/mol. The van der Waals surface area contributed by atoms with E-state index in [9.17, 15) is 4.79 Å². The Kier molecular flexibility index (Phi) is 4.82. The molecule has 21 heavy (non-hydrogen) atoms. The highest BCUT2D eigenvalue weighted by molar-refractivity contribution is 6.15. The molecule has 2 aromatic rings. The zero-order valence-electron chi connectivity index (χ0n) is 12.5. The topological polar surface area (TPSA) is 40.5 Å². The minimum atomic E-state index is -0.413. The molecule has 4 heteroatoms. The van der Waals surface area contributed by atoms with Crippen LogP contribution < -0.4 is 0 Å². The number of methoxy groups -OCH3 is 2. The molecule has 0 saturated heterocycles. The molecular formula is C17H19NO3. The summed E-state index contributed by atoms with van der Waals surface area (Å²) < 4.78 is 11.9. The van der Waals surface area contributed by atoms with Gasteiger partial charge in [0.1, 0.15) is 5.57 Å². The van der Waals surface area contributed by atoms with Crippen LogP contribution in [0.1, 0.15) is 17.0 Å². The van der Waals surface area contributed by atoms with Crippen LogP contribution in [-0.4, -0.2) is 24.8 Å². The van der Waals surface area contributed by atoms with Gasteiger partial charge < -0.3 is 14.0 Å². The standard InChI is InChI=1S/C17H19NO3/c1-13-9-10-16(15(12-20-2)17(19)21-3)18(13)11-14-7-5-4-6-8-14/h4-10,12H,11H2,1-3H3. The highest BCUT2D eigenvalue weighted by atomic mass is 16.5. The first kappa shape index (κ1) is 14.9. The van der Waals surface area contributed by atoms with E-state index in [0.717, 1.165) is 11.4 Å². The molecule has 1 heterocycles. The maximum absolute atomic E-state index is 11.9. The molecule has 0 amide bonds. The van der Waals surface area contributed by atoms with Gasteiger partial charge in [-0.05, 0) is 24.6 Å². The van der Waals surface area contributed by atoms with E-state index in [2.05, 4.69) is 16.7 Å². The predicted molar refractivity (Wildman–Crippen MR) is 81.7 cm³/mol. The van der Waals surface area contributed by atoms with Gasteiger partial charge in [-0.1, -0.05) is 30.3 Å². The Balaban J connectivity index is 2.41.